The smallest absolute Gasteiger partial charge is 0.330 e. The maximum atomic E-state index is 13.1. The summed E-state index contributed by atoms with van der Waals surface area (Å²) in [4.78, 5) is 39.9. The summed E-state index contributed by atoms with van der Waals surface area (Å²) >= 11 is 0. The van der Waals surface area contributed by atoms with Crippen molar-refractivity contribution < 1.29 is 33.6 Å². The maximum absolute atomic E-state index is 13.1. The molecule has 12 heteroatoms. The molecule has 3 N–H and O–H groups in total. The van der Waals surface area contributed by atoms with Crippen LogP contribution in [0.4, 0.5) is 0 Å². The number of aliphatic hydroxyl groups is 1. The summed E-state index contributed by atoms with van der Waals surface area (Å²) in [6, 6.07) is 26.2. The highest BCUT2D eigenvalue weighted by Crippen LogP contribution is 2.43. The van der Waals surface area contributed by atoms with Crippen molar-refractivity contribution >= 4 is 5.91 Å². The molecule has 1 unspecified atom stereocenters. The highest BCUT2D eigenvalue weighted by atomic mass is 16.6. The van der Waals surface area contributed by atoms with Crippen LogP contribution in [0.3, 0.4) is 0 Å². The maximum Gasteiger partial charge on any atom is 0.330 e. The summed E-state index contributed by atoms with van der Waals surface area (Å²) in [5, 5.41) is 14.8. The second-order valence-corrected chi connectivity index (χ2v) is 16.3. The lowest BCUT2D eigenvalue weighted by atomic mass is 9.80. The van der Waals surface area contributed by atoms with Gasteiger partial charge in [-0.1, -0.05) is 125 Å². The average molecular weight is 868 g/mol. The fourth-order valence-electron chi connectivity index (χ4n) is 8.13. The zero-order valence-corrected chi connectivity index (χ0v) is 37.5. The molecule has 1 aliphatic rings. The fourth-order valence-corrected chi connectivity index (χ4v) is 8.13. The van der Waals surface area contributed by atoms with E-state index in [9.17, 15) is 19.5 Å². The first-order valence-corrected chi connectivity index (χ1v) is 23.0. The summed E-state index contributed by atoms with van der Waals surface area (Å²) in [5.74, 6) is 1.36. The van der Waals surface area contributed by atoms with Crippen LogP contribution in [0.5, 0.6) is 11.5 Å². The molecule has 1 fully saturated rings. The van der Waals surface area contributed by atoms with Crippen LogP contribution in [0, 0.1) is 0 Å². The Balaban J connectivity index is 1.16. The topological polar surface area (TPSA) is 150 Å². The van der Waals surface area contributed by atoms with Gasteiger partial charge in [-0.2, -0.15) is 0 Å². The van der Waals surface area contributed by atoms with Crippen LogP contribution in [0.15, 0.2) is 113 Å². The second kappa shape index (κ2) is 26.6. The molecule has 1 amide bonds. The number of aromatic nitrogens is 2. The van der Waals surface area contributed by atoms with Crippen molar-refractivity contribution in [2.24, 2.45) is 0 Å². The first kappa shape index (κ1) is 49.0. The molecule has 342 valence electrons. The van der Waals surface area contributed by atoms with Gasteiger partial charge >= 0.3 is 5.69 Å². The van der Waals surface area contributed by atoms with Gasteiger partial charge in [-0.25, -0.2) is 4.79 Å². The third kappa shape index (κ3) is 14.5. The first-order valence-electron chi connectivity index (χ1n) is 23.0. The Morgan fingerprint density at radius 2 is 1.33 bits per heavy atom. The Hall–Kier alpha value is -5.01. The molecule has 0 radical (unpaired) electrons. The number of allylic oxidation sites excluding steroid dienone is 2. The number of carbonyl (C=O) groups excluding carboxylic acids is 1. The van der Waals surface area contributed by atoms with E-state index in [2.05, 4.69) is 29.4 Å². The molecule has 63 heavy (non-hydrogen) atoms. The lowest BCUT2D eigenvalue weighted by Crippen LogP contribution is -2.41. The number of H-pyrrole nitrogens is 1. The fraction of sp³-hybridized carbons (Fsp3) is 0.510. The van der Waals surface area contributed by atoms with Gasteiger partial charge in [-0.3, -0.25) is 19.1 Å². The Morgan fingerprint density at radius 1 is 0.762 bits per heavy atom. The van der Waals surface area contributed by atoms with Crippen molar-refractivity contribution in [2.45, 2.75) is 133 Å². The summed E-state index contributed by atoms with van der Waals surface area (Å²) in [5.41, 5.74) is -0.0215. The van der Waals surface area contributed by atoms with Gasteiger partial charge in [-0.15, -0.1) is 0 Å². The first-order chi connectivity index (χ1) is 30.8. The predicted octanol–water partition coefficient (Wildman–Crippen LogP) is 8.75. The molecule has 1 saturated heterocycles. The third-order valence-electron chi connectivity index (χ3n) is 11.7. The number of aromatic amines is 1. The Kier molecular flexibility index (Phi) is 20.7. The third-order valence-corrected chi connectivity index (χ3v) is 11.7. The molecule has 0 aliphatic carbocycles. The van der Waals surface area contributed by atoms with E-state index in [1.807, 2.05) is 78.9 Å². The molecule has 5 rings (SSSR count). The Morgan fingerprint density at radius 3 is 1.92 bits per heavy atom. The van der Waals surface area contributed by atoms with Gasteiger partial charge in [0.15, 0.2) is 6.23 Å². The summed E-state index contributed by atoms with van der Waals surface area (Å²) in [6.45, 7) is 2.71. The minimum Gasteiger partial charge on any atom is -0.497 e. The minimum atomic E-state index is -1.23. The molecule has 2 heterocycles. The van der Waals surface area contributed by atoms with Gasteiger partial charge in [0.05, 0.1) is 20.8 Å². The van der Waals surface area contributed by atoms with E-state index >= 15 is 0 Å². The number of nitrogens with zero attached hydrogens (tertiary/aromatic N) is 1. The van der Waals surface area contributed by atoms with Gasteiger partial charge in [0, 0.05) is 31.8 Å². The van der Waals surface area contributed by atoms with Crippen molar-refractivity contribution in [1.82, 2.24) is 14.9 Å². The zero-order valence-electron chi connectivity index (χ0n) is 37.5. The van der Waals surface area contributed by atoms with E-state index in [0.717, 1.165) is 42.4 Å². The highest BCUT2D eigenvalue weighted by Gasteiger charge is 2.48. The summed E-state index contributed by atoms with van der Waals surface area (Å²) < 4.78 is 31.8. The molecule has 1 aliphatic heterocycles. The quantitative estimate of drug-likeness (QED) is 0.0277. The van der Waals surface area contributed by atoms with Crippen LogP contribution in [0.2, 0.25) is 0 Å². The van der Waals surface area contributed by atoms with Crippen molar-refractivity contribution in [3.63, 3.8) is 0 Å². The number of ether oxygens (including phenoxy) is 5. The zero-order chi connectivity index (χ0) is 44.7. The van der Waals surface area contributed by atoms with Crippen LogP contribution in [0.1, 0.15) is 126 Å². The lowest BCUT2D eigenvalue weighted by molar-refractivity contribution is -0.121. The van der Waals surface area contributed by atoms with Gasteiger partial charge in [0.25, 0.3) is 5.56 Å². The molecular formula is C51H69N3O9. The number of benzene rings is 3. The van der Waals surface area contributed by atoms with E-state index in [1.165, 1.54) is 74.6 Å². The van der Waals surface area contributed by atoms with Gasteiger partial charge in [-0.05, 0) is 79.5 Å². The largest absolute Gasteiger partial charge is 0.497 e. The van der Waals surface area contributed by atoms with E-state index < -0.39 is 41.4 Å². The SMILES string of the molecule is CCCCCCCC/C=C\CCCCCCCC(=O)NCCCO[C@H]1C(O)[C@@H](COC(c2ccccc2)(c2ccc(OC)cc2)c2ccc(OC)cc2)O[C@H]1n1ccc(=O)[nH]c1=O. The van der Waals surface area contributed by atoms with Crippen molar-refractivity contribution in [3.8, 4) is 11.5 Å². The number of methoxy groups -OCH3 is 2. The van der Waals surface area contributed by atoms with E-state index in [4.69, 9.17) is 23.7 Å². The van der Waals surface area contributed by atoms with E-state index in [1.54, 1.807) is 14.2 Å². The number of hydrogen-bond donors (Lipinski definition) is 3. The summed E-state index contributed by atoms with van der Waals surface area (Å²) in [6.07, 6.45) is 18.4. The van der Waals surface area contributed by atoms with Gasteiger partial charge in [0.2, 0.25) is 5.91 Å². The molecule has 12 nitrogen and oxygen atoms in total. The normalized spacial score (nSPS) is 17.6. The molecule has 1 aromatic heterocycles. The predicted molar refractivity (Wildman–Crippen MR) is 246 cm³/mol. The highest BCUT2D eigenvalue weighted by molar-refractivity contribution is 5.75. The molecule has 0 bridgehead atoms. The number of rotatable bonds is 29. The van der Waals surface area contributed by atoms with Crippen molar-refractivity contribution in [1.29, 1.82) is 0 Å². The molecule has 4 aromatic rings. The van der Waals surface area contributed by atoms with Crippen molar-refractivity contribution in [2.75, 3.05) is 34.0 Å². The van der Waals surface area contributed by atoms with Crippen LogP contribution in [-0.2, 0) is 24.6 Å². The molecule has 3 aromatic carbocycles. The monoisotopic (exact) mass is 868 g/mol. The minimum absolute atomic E-state index is 0.00219. The molecular weight excluding hydrogens is 799 g/mol. The van der Waals surface area contributed by atoms with Crippen molar-refractivity contribution in [3.05, 3.63) is 141 Å². The van der Waals surface area contributed by atoms with Crippen LogP contribution >= 0.6 is 0 Å². The second-order valence-electron chi connectivity index (χ2n) is 16.3. The number of aliphatic hydroxyl groups excluding tert-OH is 1. The standard InChI is InChI=1S/C51H69N3O9/c1-4-5-6-7-8-9-10-11-12-13-14-15-16-17-21-25-45(55)52-35-22-37-61-48-47(57)44(63-49(48)54-36-34-46(56)53-50(54)58)38-62-51(39-23-19-18-20-24-39,40-26-30-42(59-2)31-27-40)41-28-32-43(60-3)33-29-41/h11-12,18-20,23-24,26-34,36,44,47-49,57H,4-10,13-17,21-22,25,35,37-38H2,1-3H3,(H,52,55)(H,53,56,58)/b12-11-/t44-,47?,48+,49-/m1/s1. The lowest BCUT2D eigenvalue weighted by Gasteiger charge is -2.37. The molecule has 0 spiro atoms. The number of nitrogens with one attached hydrogen (secondary N) is 2. The van der Waals surface area contributed by atoms with Crippen LogP contribution < -0.4 is 26.0 Å². The number of unbranched alkanes of at least 4 members (excludes halogenated alkanes) is 11. The molecule has 0 saturated carbocycles. The molecule has 4 atom stereocenters. The Labute approximate surface area is 373 Å². The van der Waals surface area contributed by atoms with Gasteiger partial charge in [0.1, 0.15) is 35.4 Å². The van der Waals surface area contributed by atoms with E-state index in [0.29, 0.717) is 30.9 Å². The Bertz CT molecular complexity index is 2000. The van der Waals surface area contributed by atoms with E-state index in [-0.39, 0.29) is 19.1 Å². The van der Waals surface area contributed by atoms with Gasteiger partial charge < -0.3 is 34.1 Å². The average Bonchev–Trinajstić information content (AvgIpc) is 3.61. The number of carbonyl (C=O) groups is 1. The number of hydrogen-bond acceptors (Lipinski definition) is 9. The number of amides is 1. The van der Waals surface area contributed by atoms with Crippen LogP contribution in [-0.4, -0.2) is 72.9 Å². The van der Waals surface area contributed by atoms with Crippen LogP contribution in [0.25, 0.3) is 0 Å². The summed E-state index contributed by atoms with van der Waals surface area (Å²) in [7, 11) is 3.22.